The fourth-order valence-corrected chi connectivity index (χ4v) is 2.14. The molecule has 0 fully saturated rings. The van der Waals surface area contributed by atoms with Gasteiger partial charge in [0.1, 0.15) is 5.75 Å². The molecule has 1 unspecified atom stereocenters. The first-order valence-electron chi connectivity index (χ1n) is 6.21. The second-order valence-electron chi connectivity index (χ2n) is 5.53. The van der Waals surface area contributed by atoms with Crippen molar-refractivity contribution in [1.29, 1.82) is 0 Å². The van der Waals surface area contributed by atoms with Gasteiger partial charge < -0.3 is 15.2 Å². The van der Waals surface area contributed by atoms with E-state index < -0.39 is 6.10 Å². The Bertz CT molecular complexity index is 498. The summed E-state index contributed by atoms with van der Waals surface area (Å²) >= 11 is 11.9. The fourth-order valence-electron chi connectivity index (χ4n) is 1.56. The lowest BCUT2D eigenvalue weighted by Crippen LogP contribution is -2.46. The predicted octanol–water partition coefficient (Wildman–Crippen LogP) is 3.17. The number of aliphatic hydroxyl groups is 1. The van der Waals surface area contributed by atoms with Crippen LogP contribution in [-0.2, 0) is 11.4 Å². The standard InChI is InChI=1S/C14H19Cl2NO3/c1-8(13(19)17-14(2,3)4)20-12-9(7-18)5-10(15)6-11(12)16/h5-6,8,18H,7H2,1-4H3,(H,17,19). The maximum absolute atomic E-state index is 12.0. The largest absolute Gasteiger partial charge is 0.479 e. The average molecular weight is 320 g/mol. The summed E-state index contributed by atoms with van der Waals surface area (Å²) in [5, 5.41) is 12.8. The van der Waals surface area contributed by atoms with Gasteiger partial charge in [-0.05, 0) is 39.8 Å². The molecule has 0 radical (unpaired) electrons. The van der Waals surface area contributed by atoms with Crippen molar-refractivity contribution in [2.45, 2.75) is 45.9 Å². The van der Waals surface area contributed by atoms with E-state index in [9.17, 15) is 9.90 Å². The maximum atomic E-state index is 12.0. The van der Waals surface area contributed by atoms with Gasteiger partial charge in [0.2, 0.25) is 0 Å². The summed E-state index contributed by atoms with van der Waals surface area (Å²) in [6.07, 6.45) is -0.738. The second-order valence-corrected chi connectivity index (χ2v) is 6.38. The third-order valence-electron chi connectivity index (χ3n) is 2.42. The van der Waals surface area contributed by atoms with Crippen LogP contribution in [0.3, 0.4) is 0 Å². The van der Waals surface area contributed by atoms with Crippen LogP contribution in [0.15, 0.2) is 12.1 Å². The summed E-state index contributed by atoms with van der Waals surface area (Å²) in [5.74, 6) is 0.0162. The number of ether oxygens (including phenoxy) is 1. The maximum Gasteiger partial charge on any atom is 0.261 e. The molecule has 0 saturated heterocycles. The molecule has 1 rings (SSSR count). The lowest BCUT2D eigenvalue weighted by atomic mass is 10.1. The number of benzene rings is 1. The van der Waals surface area contributed by atoms with E-state index in [2.05, 4.69) is 5.32 Å². The Hall–Kier alpha value is -0.970. The van der Waals surface area contributed by atoms with E-state index >= 15 is 0 Å². The Kier molecular flexibility index (Phi) is 5.68. The molecule has 1 aromatic carbocycles. The van der Waals surface area contributed by atoms with Crippen LogP contribution >= 0.6 is 23.2 Å². The number of rotatable bonds is 4. The third-order valence-corrected chi connectivity index (χ3v) is 2.92. The van der Waals surface area contributed by atoms with Gasteiger partial charge in [-0.3, -0.25) is 4.79 Å². The minimum absolute atomic E-state index is 0.257. The monoisotopic (exact) mass is 319 g/mol. The van der Waals surface area contributed by atoms with Crippen LogP contribution in [0.4, 0.5) is 0 Å². The topological polar surface area (TPSA) is 58.6 Å². The highest BCUT2D eigenvalue weighted by Crippen LogP contribution is 2.33. The van der Waals surface area contributed by atoms with E-state index in [0.717, 1.165) is 0 Å². The van der Waals surface area contributed by atoms with E-state index in [1.54, 1.807) is 13.0 Å². The molecular weight excluding hydrogens is 301 g/mol. The van der Waals surface area contributed by atoms with Gasteiger partial charge in [-0.25, -0.2) is 0 Å². The highest BCUT2D eigenvalue weighted by Gasteiger charge is 2.22. The first-order valence-corrected chi connectivity index (χ1v) is 6.97. The number of hydrogen-bond donors (Lipinski definition) is 2. The smallest absolute Gasteiger partial charge is 0.261 e. The van der Waals surface area contributed by atoms with E-state index in [1.807, 2.05) is 20.8 Å². The van der Waals surface area contributed by atoms with Crippen LogP contribution in [0.2, 0.25) is 10.0 Å². The highest BCUT2D eigenvalue weighted by molar-refractivity contribution is 6.35. The van der Waals surface area contributed by atoms with Crippen molar-refractivity contribution in [1.82, 2.24) is 5.32 Å². The number of hydrogen-bond acceptors (Lipinski definition) is 3. The van der Waals surface area contributed by atoms with Gasteiger partial charge >= 0.3 is 0 Å². The molecule has 1 amide bonds. The Labute approximate surface area is 129 Å². The van der Waals surface area contributed by atoms with Gasteiger partial charge in [0.25, 0.3) is 5.91 Å². The van der Waals surface area contributed by atoms with E-state index in [1.165, 1.54) is 6.07 Å². The number of carbonyl (C=O) groups excluding carboxylic acids is 1. The van der Waals surface area contributed by atoms with Gasteiger partial charge in [-0.15, -0.1) is 0 Å². The highest BCUT2D eigenvalue weighted by atomic mass is 35.5. The molecule has 20 heavy (non-hydrogen) atoms. The normalized spacial score (nSPS) is 12.9. The predicted molar refractivity (Wildman–Crippen MR) is 80.4 cm³/mol. The van der Waals surface area contributed by atoms with Crippen LogP contribution in [0.1, 0.15) is 33.3 Å². The zero-order valence-electron chi connectivity index (χ0n) is 12.0. The van der Waals surface area contributed by atoms with Crippen molar-refractivity contribution in [3.05, 3.63) is 27.7 Å². The van der Waals surface area contributed by atoms with Crippen LogP contribution < -0.4 is 10.1 Å². The van der Waals surface area contributed by atoms with Crippen molar-refractivity contribution in [2.24, 2.45) is 0 Å². The van der Waals surface area contributed by atoms with Crippen molar-refractivity contribution < 1.29 is 14.6 Å². The lowest BCUT2D eigenvalue weighted by Gasteiger charge is -2.24. The zero-order chi connectivity index (χ0) is 15.5. The Morgan fingerprint density at radius 1 is 1.40 bits per heavy atom. The Morgan fingerprint density at radius 2 is 2.00 bits per heavy atom. The Balaban J connectivity index is 2.90. The van der Waals surface area contributed by atoms with Crippen LogP contribution in [0, 0.1) is 0 Å². The van der Waals surface area contributed by atoms with E-state index in [-0.39, 0.29) is 28.8 Å². The number of aliphatic hydroxyl groups excluding tert-OH is 1. The minimum Gasteiger partial charge on any atom is -0.479 e. The molecule has 0 aliphatic rings. The zero-order valence-corrected chi connectivity index (χ0v) is 13.5. The third kappa shape index (κ3) is 4.85. The number of nitrogens with one attached hydrogen (secondary N) is 1. The number of amides is 1. The molecule has 0 saturated carbocycles. The summed E-state index contributed by atoms with van der Waals surface area (Å²) in [6.45, 7) is 6.99. The molecule has 1 atom stereocenters. The molecule has 0 heterocycles. The molecule has 0 bridgehead atoms. The molecule has 112 valence electrons. The summed E-state index contributed by atoms with van der Waals surface area (Å²) < 4.78 is 5.57. The van der Waals surface area contributed by atoms with Gasteiger partial charge in [-0.1, -0.05) is 23.2 Å². The summed E-state index contributed by atoms with van der Waals surface area (Å²) in [6, 6.07) is 3.06. The molecule has 2 N–H and O–H groups in total. The minimum atomic E-state index is -0.738. The van der Waals surface area contributed by atoms with Crippen molar-refractivity contribution in [3.8, 4) is 5.75 Å². The molecule has 0 spiro atoms. The first kappa shape index (κ1) is 17.1. The number of halogens is 2. The van der Waals surface area contributed by atoms with E-state index in [0.29, 0.717) is 10.6 Å². The number of carbonyl (C=O) groups is 1. The lowest BCUT2D eigenvalue weighted by molar-refractivity contribution is -0.128. The SMILES string of the molecule is CC(Oc1c(Cl)cc(Cl)cc1CO)C(=O)NC(C)(C)C. The molecule has 6 heteroatoms. The first-order chi connectivity index (χ1) is 9.14. The average Bonchev–Trinajstić information content (AvgIpc) is 2.29. The van der Waals surface area contributed by atoms with Crippen molar-refractivity contribution in [2.75, 3.05) is 0 Å². The molecule has 1 aromatic rings. The van der Waals surface area contributed by atoms with Gasteiger partial charge in [0, 0.05) is 16.1 Å². The van der Waals surface area contributed by atoms with Crippen LogP contribution in [0.5, 0.6) is 5.75 Å². The van der Waals surface area contributed by atoms with Crippen molar-refractivity contribution in [3.63, 3.8) is 0 Å². The molecule has 0 aromatic heterocycles. The van der Waals surface area contributed by atoms with Gasteiger partial charge in [0.05, 0.1) is 11.6 Å². The summed E-state index contributed by atoms with van der Waals surface area (Å²) in [7, 11) is 0. The second kappa shape index (κ2) is 6.66. The van der Waals surface area contributed by atoms with Gasteiger partial charge in [-0.2, -0.15) is 0 Å². The Morgan fingerprint density at radius 3 is 2.50 bits per heavy atom. The van der Waals surface area contributed by atoms with Gasteiger partial charge in [0.15, 0.2) is 6.10 Å². The van der Waals surface area contributed by atoms with E-state index in [4.69, 9.17) is 27.9 Å². The molecule has 0 aliphatic heterocycles. The molecule has 0 aliphatic carbocycles. The fraction of sp³-hybridized carbons (Fsp3) is 0.500. The van der Waals surface area contributed by atoms with Crippen LogP contribution in [0.25, 0.3) is 0 Å². The summed E-state index contributed by atoms with van der Waals surface area (Å²) in [4.78, 5) is 12.0. The quantitative estimate of drug-likeness (QED) is 0.896. The van der Waals surface area contributed by atoms with Crippen LogP contribution in [-0.4, -0.2) is 22.7 Å². The summed E-state index contributed by atoms with van der Waals surface area (Å²) in [5.41, 5.74) is 0.0936. The molecule has 4 nitrogen and oxygen atoms in total. The molecular formula is C14H19Cl2NO3. The van der Waals surface area contributed by atoms with Crippen molar-refractivity contribution >= 4 is 29.1 Å².